The largest absolute Gasteiger partial charge is 0.368 e. The number of nitriles is 1. The van der Waals surface area contributed by atoms with E-state index in [9.17, 15) is 9.59 Å². The molecular weight excluding hydrogens is 347 g/mol. The maximum atomic E-state index is 15.0. The van der Waals surface area contributed by atoms with E-state index in [1.165, 1.54) is 6.07 Å². The third-order valence-corrected chi connectivity index (χ3v) is 6.01. The minimum Gasteiger partial charge on any atom is -0.368 e. The van der Waals surface area contributed by atoms with Gasteiger partial charge in [0.25, 0.3) is 5.56 Å². The van der Waals surface area contributed by atoms with Gasteiger partial charge in [0.05, 0.1) is 22.7 Å². The highest BCUT2D eigenvalue weighted by Gasteiger charge is 2.36. The van der Waals surface area contributed by atoms with E-state index in [0.29, 0.717) is 36.3 Å². The summed E-state index contributed by atoms with van der Waals surface area (Å²) < 4.78 is 16.7. The van der Waals surface area contributed by atoms with Crippen LogP contribution in [0.25, 0.3) is 10.9 Å². The number of hydrogen-bond donors (Lipinski definition) is 1. The van der Waals surface area contributed by atoms with Gasteiger partial charge in [0, 0.05) is 31.1 Å². The molecule has 1 saturated carbocycles. The molecule has 0 spiro atoms. The normalized spacial score (nSPS) is 22.4. The third-order valence-electron chi connectivity index (χ3n) is 6.01. The molecule has 1 aliphatic heterocycles. The SMILES string of the molecule is Cc1c(N2CCC(C)(CCC#N)C2)c(F)cc2c(=O)[nH]c(=O)n(C3CC3)c12. The molecule has 1 N–H and O–H groups in total. The van der Waals surface area contributed by atoms with Crippen molar-refractivity contribution in [3.05, 3.63) is 38.3 Å². The van der Waals surface area contributed by atoms with E-state index in [2.05, 4.69) is 18.0 Å². The highest BCUT2D eigenvalue weighted by molar-refractivity contribution is 5.87. The van der Waals surface area contributed by atoms with Crippen molar-refractivity contribution in [3.8, 4) is 6.07 Å². The summed E-state index contributed by atoms with van der Waals surface area (Å²) in [6.07, 6.45) is 3.93. The van der Waals surface area contributed by atoms with Crippen molar-refractivity contribution < 1.29 is 4.39 Å². The van der Waals surface area contributed by atoms with E-state index in [0.717, 1.165) is 25.7 Å². The van der Waals surface area contributed by atoms with Crippen molar-refractivity contribution in [2.75, 3.05) is 18.0 Å². The molecule has 27 heavy (non-hydrogen) atoms. The van der Waals surface area contributed by atoms with Gasteiger partial charge in [0.1, 0.15) is 5.82 Å². The Morgan fingerprint density at radius 1 is 1.41 bits per heavy atom. The van der Waals surface area contributed by atoms with Gasteiger partial charge in [-0.05, 0) is 44.1 Å². The Hall–Kier alpha value is -2.62. The molecule has 1 aromatic heterocycles. The van der Waals surface area contributed by atoms with Crippen LogP contribution in [0, 0.1) is 29.5 Å². The Bertz CT molecular complexity index is 1080. The van der Waals surface area contributed by atoms with Gasteiger partial charge in [-0.25, -0.2) is 9.18 Å². The molecule has 2 aliphatic rings. The molecule has 1 unspecified atom stereocenters. The molecule has 1 saturated heterocycles. The number of aromatic amines is 1. The number of fused-ring (bicyclic) bond motifs is 1. The smallest absolute Gasteiger partial charge is 0.329 e. The van der Waals surface area contributed by atoms with Crippen LogP contribution in [0.3, 0.4) is 0 Å². The van der Waals surface area contributed by atoms with Crippen LogP contribution in [0.4, 0.5) is 10.1 Å². The van der Waals surface area contributed by atoms with E-state index in [4.69, 9.17) is 5.26 Å². The Balaban J connectivity index is 1.86. The van der Waals surface area contributed by atoms with Gasteiger partial charge in [-0.15, -0.1) is 0 Å². The molecule has 0 amide bonds. The lowest BCUT2D eigenvalue weighted by atomic mass is 9.85. The summed E-state index contributed by atoms with van der Waals surface area (Å²) in [4.78, 5) is 29.0. The Kier molecular flexibility index (Phi) is 4.10. The number of aromatic nitrogens is 2. The molecule has 7 heteroatoms. The summed E-state index contributed by atoms with van der Waals surface area (Å²) in [5, 5.41) is 9.11. The minimum absolute atomic E-state index is 0.0338. The molecule has 1 aromatic carbocycles. The van der Waals surface area contributed by atoms with Crippen LogP contribution in [0.5, 0.6) is 0 Å². The maximum Gasteiger partial charge on any atom is 0.329 e. The zero-order valence-electron chi connectivity index (χ0n) is 15.6. The van der Waals surface area contributed by atoms with Crippen LogP contribution in [0.15, 0.2) is 15.7 Å². The summed E-state index contributed by atoms with van der Waals surface area (Å²) in [5.41, 5.74) is 0.672. The number of nitrogens with one attached hydrogen (secondary N) is 1. The van der Waals surface area contributed by atoms with Crippen LogP contribution < -0.4 is 16.1 Å². The third kappa shape index (κ3) is 2.93. The molecule has 6 nitrogen and oxygen atoms in total. The Morgan fingerprint density at radius 3 is 2.81 bits per heavy atom. The molecule has 0 bridgehead atoms. The lowest BCUT2D eigenvalue weighted by Crippen LogP contribution is -2.31. The van der Waals surface area contributed by atoms with Crippen LogP contribution in [-0.4, -0.2) is 22.6 Å². The quantitative estimate of drug-likeness (QED) is 0.897. The van der Waals surface area contributed by atoms with E-state index in [1.54, 1.807) is 11.5 Å². The van der Waals surface area contributed by atoms with Crippen LogP contribution >= 0.6 is 0 Å². The first-order valence-corrected chi connectivity index (χ1v) is 9.44. The minimum atomic E-state index is -0.541. The fraction of sp³-hybridized carbons (Fsp3) is 0.550. The van der Waals surface area contributed by atoms with Crippen molar-refractivity contribution in [1.82, 2.24) is 9.55 Å². The predicted octanol–water partition coefficient (Wildman–Crippen LogP) is 2.99. The topological polar surface area (TPSA) is 81.9 Å². The van der Waals surface area contributed by atoms with Gasteiger partial charge in [-0.3, -0.25) is 14.3 Å². The van der Waals surface area contributed by atoms with E-state index >= 15 is 4.39 Å². The molecule has 2 fully saturated rings. The van der Waals surface area contributed by atoms with Crippen molar-refractivity contribution in [1.29, 1.82) is 5.26 Å². The van der Waals surface area contributed by atoms with Crippen LogP contribution in [0.2, 0.25) is 0 Å². The summed E-state index contributed by atoms with van der Waals surface area (Å²) in [6, 6.07) is 3.53. The van der Waals surface area contributed by atoms with E-state index in [1.807, 2.05) is 4.90 Å². The zero-order valence-corrected chi connectivity index (χ0v) is 15.6. The number of rotatable bonds is 4. The Labute approximate surface area is 156 Å². The van der Waals surface area contributed by atoms with Crippen LogP contribution in [0.1, 0.15) is 50.6 Å². The summed E-state index contributed by atoms with van der Waals surface area (Å²) in [7, 11) is 0. The van der Waals surface area contributed by atoms with Crippen LogP contribution in [-0.2, 0) is 0 Å². The van der Waals surface area contributed by atoms with Gasteiger partial charge >= 0.3 is 5.69 Å². The first-order valence-electron chi connectivity index (χ1n) is 9.44. The number of hydrogen-bond acceptors (Lipinski definition) is 4. The zero-order chi connectivity index (χ0) is 19.3. The summed E-state index contributed by atoms with van der Waals surface area (Å²) >= 11 is 0. The standard InChI is InChI=1S/C20H23FN4O2/c1-12-16-14(18(26)23-19(27)25(16)13-4-5-13)10-15(21)17(12)24-9-7-20(2,11-24)6-3-8-22/h10,13H,3-7,9,11H2,1-2H3,(H,23,26,27). The average molecular weight is 370 g/mol. The first kappa shape index (κ1) is 17.8. The highest BCUT2D eigenvalue weighted by Crippen LogP contribution is 2.42. The number of H-pyrrole nitrogens is 1. The molecule has 142 valence electrons. The predicted molar refractivity (Wildman–Crippen MR) is 102 cm³/mol. The highest BCUT2D eigenvalue weighted by atomic mass is 19.1. The molecule has 2 aromatic rings. The van der Waals surface area contributed by atoms with Gasteiger partial charge in [-0.2, -0.15) is 5.26 Å². The number of anilines is 1. The van der Waals surface area contributed by atoms with Crippen molar-refractivity contribution in [2.24, 2.45) is 5.41 Å². The molecule has 4 rings (SSSR count). The fourth-order valence-corrected chi connectivity index (χ4v) is 4.41. The number of aryl methyl sites for hydroxylation is 1. The molecule has 1 aliphatic carbocycles. The van der Waals surface area contributed by atoms with Gasteiger partial charge in [0.2, 0.25) is 0 Å². The second-order valence-corrected chi connectivity index (χ2v) is 8.23. The lowest BCUT2D eigenvalue weighted by molar-refractivity contribution is 0.343. The fourth-order valence-electron chi connectivity index (χ4n) is 4.41. The molecule has 0 radical (unpaired) electrons. The molecule has 2 heterocycles. The monoisotopic (exact) mass is 370 g/mol. The van der Waals surface area contributed by atoms with Crippen molar-refractivity contribution >= 4 is 16.6 Å². The molecule has 1 atom stereocenters. The average Bonchev–Trinajstić information content (AvgIpc) is 3.37. The van der Waals surface area contributed by atoms with Crippen molar-refractivity contribution in [2.45, 2.75) is 52.0 Å². The number of benzene rings is 1. The summed E-state index contributed by atoms with van der Waals surface area (Å²) in [5.74, 6) is -0.434. The number of halogens is 1. The van der Waals surface area contributed by atoms with Gasteiger partial charge in [-0.1, -0.05) is 6.92 Å². The first-order chi connectivity index (χ1) is 12.8. The second-order valence-electron chi connectivity index (χ2n) is 8.23. The summed E-state index contributed by atoms with van der Waals surface area (Å²) in [6.45, 7) is 5.28. The second kappa shape index (κ2) is 6.22. The van der Waals surface area contributed by atoms with E-state index in [-0.39, 0.29) is 16.8 Å². The van der Waals surface area contributed by atoms with Gasteiger partial charge in [0.15, 0.2) is 0 Å². The Morgan fingerprint density at radius 2 is 2.15 bits per heavy atom. The van der Waals surface area contributed by atoms with E-state index < -0.39 is 17.1 Å². The van der Waals surface area contributed by atoms with Gasteiger partial charge < -0.3 is 4.90 Å². The number of nitrogens with zero attached hydrogens (tertiary/aromatic N) is 3. The lowest BCUT2D eigenvalue weighted by Gasteiger charge is -2.27. The van der Waals surface area contributed by atoms with Crippen molar-refractivity contribution in [3.63, 3.8) is 0 Å². The maximum absolute atomic E-state index is 15.0. The molecular formula is C20H23FN4O2.